The Labute approximate surface area is 198 Å². The summed E-state index contributed by atoms with van der Waals surface area (Å²) in [4.78, 5) is 51.5. The topological polar surface area (TPSA) is 105 Å². The fraction of sp³-hybridized carbons (Fsp3) is 0.500. The number of halogens is 1. The summed E-state index contributed by atoms with van der Waals surface area (Å²) in [5.74, 6) is -1.64. The zero-order chi connectivity index (χ0) is 23.8. The normalized spacial score (nSPS) is 24.7. The Kier molecular flexibility index (Phi) is 8.88. The first-order chi connectivity index (χ1) is 15.8. The summed E-state index contributed by atoms with van der Waals surface area (Å²) in [7, 11) is 0. The van der Waals surface area contributed by atoms with Gasteiger partial charge < -0.3 is 20.3 Å². The molecule has 178 valence electrons. The zero-order valence-corrected chi connectivity index (χ0v) is 19.5. The first-order valence-electron chi connectivity index (χ1n) is 11.2. The molecule has 33 heavy (non-hydrogen) atoms. The number of benzene rings is 1. The van der Waals surface area contributed by atoms with Crippen LogP contribution in [0.3, 0.4) is 0 Å². The minimum absolute atomic E-state index is 0.0644. The molecule has 9 heteroatoms. The third-order valence-electron chi connectivity index (χ3n) is 5.88. The van der Waals surface area contributed by atoms with E-state index in [1.54, 1.807) is 29.2 Å². The SMILES string of the molecule is CC(=O)N[C@H]1C/C=C/C[C@@H](CC(=O)NCc2ccc(Cl)cc2)C(=O)N2CCC[C@H]2COC1=O. The van der Waals surface area contributed by atoms with Gasteiger partial charge >= 0.3 is 5.97 Å². The first kappa shape index (κ1) is 24.8. The number of fused-ring (bicyclic) bond motifs is 1. The number of hydrogen-bond acceptors (Lipinski definition) is 5. The van der Waals surface area contributed by atoms with Crippen LogP contribution in [0.4, 0.5) is 0 Å². The maximum Gasteiger partial charge on any atom is 0.329 e. The van der Waals surface area contributed by atoms with Gasteiger partial charge in [0.2, 0.25) is 17.7 Å². The second-order valence-electron chi connectivity index (χ2n) is 8.46. The number of carbonyl (C=O) groups excluding carboxylic acids is 4. The molecule has 2 aliphatic heterocycles. The Bertz CT molecular complexity index is 902. The monoisotopic (exact) mass is 475 g/mol. The van der Waals surface area contributed by atoms with Gasteiger partial charge in [0, 0.05) is 31.5 Å². The molecule has 3 atom stereocenters. The lowest BCUT2D eigenvalue weighted by Crippen LogP contribution is -2.45. The quantitative estimate of drug-likeness (QED) is 0.502. The molecule has 2 aliphatic rings. The summed E-state index contributed by atoms with van der Waals surface area (Å²) in [6.07, 6.45) is 5.79. The standard InChI is InChI=1S/C24H30ClN3O5/c1-16(29)27-21-7-3-2-5-18(13-22(30)26-14-17-8-10-19(25)11-9-17)23(31)28-12-4-6-20(28)15-33-24(21)32/h2-3,8-11,18,20-21H,4-7,12-15H2,1H3,(H,26,30)(H,27,29)/b3-2+/t18-,20-,21-/m0/s1. The number of cyclic esters (lactones) is 1. The van der Waals surface area contributed by atoms with Crippen molar-refractivity contribution >= 4 is 35.3 Å². The van der Waals surface area contributed by atoms with Crippen molar-refractivity contribution in [3.8, 4) is 0 Å². The molecule has 3 rings (SSSR count). The number of ether oxygens (including phenoxy) is 1. The van der Waals surface area contributed by atoms with Gasteiger partial charge in [-0.05, 0) is 43.4 Å². The van der Waals surface area contributed by atoms with Crippen molar-refractivity contribution in [1.82, 2.24) is 15.5 Å². The molecule has 1 aromatic carbocycles. The van der Waals surface area contributed by atoms with E-state index in [0.29, 0.717) is 24.5 Å². The first-order valence-corrected chi connectivity index (χ1v) is 11.6. The molecule has 0 spiro atoms. The van der Waals surface area contributed by atoms with Crippen molar-refractivity contribution in [2.45, 2.75) is 57.7 Å². The Morgan fingerprint density at radius 3 is 2.61 bits per heavy atom. The van der Waals surface area contributed by atoms with Gasteiger partial charge in [-0.2, -0.15) is 0 Å². The molecule has 0 radical (unpaired) electrons. The molecule has 2 N–H and O–H groups in total. The second-order valence-corrected chi connectivity index (χ2v) is 8.89. The number of allylic oxidation sites excluding steroid dienone is 1. The highest BCUT2D eigenvalue weighted by molar-refractivity contribution is 6.30. The van der Waals surface area contributed by atoms with Gasteiger partial charge in [-0.25, -0.2) is 4.79 Å². The lowest BCUT2D eigenvalue weighted by molar-refractivity contribution is -0.151. The Hall–Kier alpha value is -2.87. The summed E-state index contributed by atoms with van der Waals surface area (Å²) in [5.41, 5.74) is 0.920. The fourth-order valence-electron chi connectivity index (χ4n) is 4.14. The number of esters is 1. The fourth-order valence-corrected chi connectivity index (χ4v) is 4.26. The highest BCUT2D eigenvalue weighted by atomic mass is 35.5. The minimum Gasteiger partial charge on any atom is -0.462 e. The van der Waals surface area contributed by atoms with Gasteiger partial charge in [-0.3, -0.25) is 14.4 Å². The van der Waals surface area contributed by atoms with E-state index in [1.807, 2.05) is 12.1 Å². The summed E-state index contributed by atoms with van der Waals surface area (Å²) >= 11 is 5.90. The average molecular weight is 476 g/mol. The van der Waals surface area contributed by atoms with Gasteiger partial charge in [0.1, 0.15) is 12.6 Å². The minimum atomic E-state index is -0.773. The van der Waals surface area contributed by atoms with Gasteiger partial charge in [0.05, 0.1) is 12.0 Å². The number of nitrogens with one attached hydrogen (secondary N) is 2. The van der Waals surface area contributed by atoms with Crippen LogP contribution in [0.25, 0.3) is 0 Å². The van der Waals surface area contributed by atoms with Crippen LogP contribution in [0.5, 0.6) is 0 Å². The molecule has 8 nitrogen and oxygen atoms in total. The molecule has 0 saturated carbocycles. The summed E-state index contributed by atoms with van der Waals surface area (Å²) in [6, 6.07) is 6.21. The van der Waals surface area contributed by atoms with Crippen molar-refractivity contribution in [2.24, 2.45) is 5.92 Å². The van der Waals surface area contributed by atoms with Crippen LogP contribution in [-0.2, 0) is 30.5 Å². The zero-order valence-electron chi connectivity index (χ0n) is 18.7. The van der Waals surface area contributed by atoms with E-state index in [9.17, 15) is 19.2 Å². The number of amides is 3. The lowest BCUT2D eigenvalue weighted by Gasteiger charge is -2.29. The van der Waals surface area contributed by atoms with Gasteiger partial charge in [-0.1, -0.05) is 35.9 Å². The predicted molar refractivity (Wildman–Crippen MR) is 123 cm³/mol. The third-order valence-corrected chi connectivity index (χ3v) is 6.14. The van der Waals surface area contributed by atoms with E-state index in [4.69, 9.17) is 16.3 Å². The molecular weight excluding hydrogens is 446 g/mol. The van der Waals surface area contributed by atoms with Crippen LogP contribution in [-0.4, -0.2) is 53.8 Å². The van der Waals surface area contributed by atoms with Gasteiger partial charge in [0.25, 0.3) is 0 Å². The van der Waals surface area contributed by atoms with Crippen LogP contribution in [0, 0.1) is 5.92 Å². The predicted octanol–water partition coefficient (Wildman–Crippen LogP) is 2.35. The van der Waals surface area contributed by atoms with Crippen molar-refractivity contribution in [3.05, 3.63) is 47.0 Å². The van der Waals surface area contributed by atoms with Crippen LogP contribution in [0.2, 0.25) is 5.02 Å². The molecule has 1 aromatic rings. The maximum absolute atomic E-state index is 13.3. The Morgan fingerprint density at radius 2 is 1.88 bits per heavy atom. The molecule has 0 bridgehead atoms. The van der Waals surface area contributed by atoms with Crippen molar-refractivity contribution in [2.75, 3.05) is 13.2 Å². The molecule has 1 fully saturated rings. The number of hydrogen-bond donors (Lipinski definition) is 2. The molecule has 0 aromatic heterocycles. The van der Waals surface area contributed by atoms with E-state index in [0.717, 1.165) is 18.4 Å². The lowest BCUT2D eigenvalue weighted by atomic mass is 9.97. The van der Waals surface area contributed by atoms with Crippen molar-refractivity contribution in [3.63, 3.8) is 0 Å². The average Bonchev–Trinajstić information content (AvgIpc) is 3.25. The summed E-state index contributed by atoms with van der Waals surface area (Å²) < 4.78 is 5.43. The molecule has 0 aliphatic carbocycles. The highest BCUT2D eigenvalue weighted by Gasteiger charge is 2.35. The van der Waals surface area contributed by atoms with E-state index < -0.39 is 17.9 Å². The largest absolute Gasteiger partial charge is 0.462 e. The molecule has 0 unspecified atom stereocenters. The smallest absolute Gasteiger partial charge is 0.329 e. The van der Waals surface area contributed by atoms with Crippen LogP contribution in [0.15, 0.2) is 36.4 Å². The van der Waals surface area contributed by atoms with E-state index >= 15 is 0 Å². The van der Waals surface area contributed by atoms with Gasteiger partial charge in [-0.15, -0.1) is 0 Å². The molecule has 3 amide bonds. The third kappa shape index (κ3) is 7.32. The molecular formula is C24H30ClN3O5. The number of carbonyl (C=O) groups is 4. The summed E-state index contributed by atoms with van der Waals surface area (Å²) in [6.45, 7) is 2.36. The Balaban J connectivity index is 1.68. The molecule has 1 saturated heterocycles. The van der Waals surface area contributed by atoms with E-state index in [-0.39, 0.29) is 43.2 Å². The second kappa shape index (κ2) is 11.8. The van der Waals surface area contributed by atoms with Crippen LogP contribution < -0.4 is 10.6 Å². The summed E-state index contributed by atoms with van der Waals surface area (Å²) in [5, 5.41) is 6.11. The highest BCUT2D eigenvalue weighted by Crippen LogP contribution is 2.24. The Morgan fingerprint density at radius 1 is 1.15 bits per heavy atom. The van der Waals surface area contributed by atoms with Crippen molar-refractivity contribution < 1.29 is 23.9 Å². The van der Waals surface area contributed by atoms with E-state index in [1.165, 1.54) is 6.92 Å². The molecule has 2 heterocycles. The van der Waals surface area contributed by atoms with Crippen LogP contribution in [0.1, 0.15) is 44.6 Å². The number of rotatable bonds is 5. The van der Waals surface area contributed by atoms with Crippen LogP contribution >= 0.6 is 11.6 Å². The number of nitrogens with zero attached hydrogens (tertiary/aromatic N) is 1. The maximum atomic E-state index is 13.3. The van der Waals surface area contributed by atoms with Crippen molar-refractivity contribution in [1.29, 1.82) is 0 Å². The van der Waals surface area contributed by atoms with Gasteiger partial charge in [0.15, 0.2) is 0 Å². The van der Waals surface area contributed by atoms with E-state index in [2.05, 4.69) is 10.6 Å².